The zero-order valence-electron chi connectivity index (χ0n) is 11.7. The van der Waals surface area contributed by atoms with Gasteiger partial charge in [-0.3, -0.25) is 9.69 Å². The Morgan fingerprint density at radius 2 is 2.10 bits per heavy atom. The summed E-state index contributed by atoms with van der Waals surface area (Å²) in [5.74, 6) is -0.629. The fourth-order valence-electron chi connectivity index (χ4n) is 2.44. The van der Waals surface area contributed by atoms with Crippen LogP contribution in [0.4, 0.5) is 15.8 Å². The number of benzene rings is 1. The number of halogens is 1. The molecule has 3 N–H and O–H groups in total. The van der Waals surface area contributed by atoms with E-state index in [-0.39, 0.29) is 30.3 Å². The zero-order chi connectivity index (χ0) is 14.7. The second kappa shape index (κ2) is 6.19. The van der Waals surface area contributed by atoms with Crippen molar-refractivity contribution in [3.05, 3.63) is 24.0 Å². The number of carbonyl (C=O) groups is 1. The highest BCUT2D eigenvalue weighted by Crippen LogP contribution is 2.16. The third-order valence-electron chi connectivity index (χ3n) is 3.14. The zero-order valence-corrected chi connectivity index (χ0v) is 11.7. The molecule has 1 aliphatic heterocycles. The van der Waals surface area contributed by atoms with Crippen molar-refractivity contribution >= 4 is 17.3 Å². The van der Waals surface area contributed by atoms with Gasteiger partial charge in [-0.05, 0) is 32.0 Å². The van der Waals surface area contributed by atoms with Crippen LogP contribution in [0.3, 0.4) is 0 Å². The van der Waals surface area contributed by atoms with Crippen LogP contribution in [0.15, 0.2) is 18.2 Å². The predicted molar refractivity (Wildman–Crippen MR) is 75.9 cm³/mol. The normalized spacial score (nSPS) is 23.6. The highest BCUT2D eigenvalue weighted by molar-refractivity contribution is 5.92. The molecule has 2 unspecified atom stereocenters. The van der Waals surface area contributed by atoms with Crippen molar-refractivity contribution < 1.29 is 13.9 Å². The fourth-order valence-corrected chi connectivity index (χ4v) is 2.44. The van der Waals surface area contributed by atoms with Crippen LogP contribution in [0.25, 0.3) is 0 Å². The Kier molecular flexibility index (Phi) is 4.57. The molecule has 1 heterocycles. The second-order valence-corrected chi connectivity index (χ2v) is 5.24. The number of anilines is 2. The highest BCUT2D eigenvalue weighted by Gasteiger charge is 2.23. The van der Waals surface area contributed by atoms with E-state index >= 15 is 0 Å². The number of nitrogens with one attached hydrogen (secondary N) is 1. The van der Waals surface area contributed by atoms with E-state index in [2.05, 4.69) is 5.32 Å². The Hall–Kier alpha value is -1.66. The summed E-state index contributed by atoms with van der Waals surface area (Å²) in [7, 11) is 0. The monoisotopic (exact) mass is 281 g/mol. The summed E-state index contributed by atoms with van der Waals surface area (Å²) in [6.45, 7) is 5.71. The minimum absolute atomic E-state index is 0.0245. The summed E-state index contributed by atoms with van der Waals surface area (Å²) < 4.78 is 18.6. The number of amides is 1. The third kappa shape index (κ3) is 3.91. The van der Waals surface area contributed by atoms with Gasteiger partial charge in [0.25, 0.3) is 0 Å². The van der Waals surface area contributed by atoms with E-state index in [0.717, 1.165) is 13.1 Å². The molecule has 20 heavy (non-hydrogen) atoms. The average molecular weight is 281 g/mol. The van der Waals surface area contributed by atoms with Crippen molar-refractivity contribution in [1.82, 2.24) is 4.90 Å². The number of carbonyl (C=O) groups excluding carboxylic acids is 1. The summed E-state index contributed by atoms with van der Waals surface area (Å²) in [6.07, 6.45) is 0.237. The number of hydrogen-bond donors (Lipinski definition) is 2. The first-order valence-corrected chi connectivity index (χ1v) is 6.66. The Bertz CT molecular complexity index is 485. The van der Waals surface area contributed by atoms with Crippen molar-refractivity contribution in [3.8, 4) is 0 Å². The number of nitrogens with zero attached hydrogens (tertiary/aromatic N) is 1. The van der Waals surface area contributed by atoms with E-state index in [9.17, 15) is 9.18 Å². The van der Waals surface area contributed by atoms with Gasteiger partial charge in [-0.15, -0.1) is 0 Å². The van der Waals surface area contributed by atoms with Gasteiger partial charge in [0.05, 0.1) is 24.4 Å². The first-order chi connectivity index (χ1) is 9.44. The molecule has 2 rings (SSSR count). The molecule has 0 saturated carbocycles. The Morgan fingerprint density at radius 1 is 1.45 bits per heavy atom. The van der Waals surface area contributed by atoms with Crippen molar-refractivity contribution in [1.29, 1.82) is 0 Å². The first kappa shape index (κ1) is 14.7. The average Bonchev–Trinajstić information content (AvgIpc) is 2.32. The molecule has 1 amide bonds. The molecule has 2 atom stereocenters. The maximum atomic E-state index is 13.0. The number of nitrogen functional groups attached to an aromatic ring is 1. The molecule has 6 heteroatoms. The molecule has 0 radical (unpaired) electrons. The lowest BCUT2D eigenvalue weighted by atomic mass is 10.2. The maximum absolute atomic E-state index is 13.0. The molecule has 0 aliphatic carbocycles. The standard InChI is InChI=1S/C14H20FN3O2/c1-9-6-18(7-10(2)20-9)8-14(19)17-11-3-4-12(15)13(16)5-11/h3-5,9-10H,6-8,16H2,1-2H3,(H,17,19). The maximum Gasteiger partial charge on any atom is 0.238 e. The van der Waals surface area contributed by atoms with Crippen LogP contribution in [0.2, 0.25) is 0 Å². The minimum atomic E-state index is -0.487. The van der Waals surface area contributed by atoms with Gasteiger partial charge in [0.2, 0.25) is 5.91 Å². The van der Waals surface area contributed by atoms with Crippen LogP contribution >= 0.6 is 0 Å². The van der Waals surface area contributed by atoms with Gasteiger partial charge in [0, 0.05) is 18.8 Å². The van der Waals surface area contributed by atoms with E-state index in [1.165, 1.54) is 18.2 Å². The number of rotatable bonds is 3. The van der Waals surface area contributed by atoms with Crippen LogP contribution in [0, 0.1) is 5.82 Å². The molecular weight excluding hydrogens is 261 g/mol. The molecule has 1 aromatic rings. The van der Waals surface area contributed by atoms with Gasteiger partial charge >= 0.3 is 0 Å². The van der Waals surface area contributed by atoms with Gasteiger partial charge in [0.1, 0.15) is 5.82 Å². The SMILES string of the molecule is CC1CN(CC(=O)Nc2ccc(F)c(N)c2)CC(C)O1. The molecule has 1 fully saturated rings. The second-order valence-electron chi connectivity index (χ2n) is 5.24. The topological polar surface area (TPSA) is 67.6 Å². The summed E-state index contributed by atoms with van der Waals surface area (Å²) in [5.41, 5.74) is 5.99. The van der Waals surface area contributed by atoms with Crippen molar-refractivity contribution in [2.24, 2.45) is 0 Å². The molecule has 5 nitrogen and oxygen atoms in total. The summed E-state index contributed by atoms with van der Waals surface area (Å²) in [4.78, 5) is 14.0. The van der Waals surface area contributed by atoms with E-state index in [0.29, 0.717) is 5.69 Å². The number of nitrogens with two attached hydrogens (primary N) is 1. The number of hydrogen-bond acceptors (Lipinski definition) is 4. The smallest absolute Gasteiger partial charge is 0.238 e. The predicted octanol–water partition coefficient (Wildman–Crippen LogP) is 1.46. The molecule has 1 saturated heterocycles. The van der Waals surface area contributed by atoms with Crippen molar-refractivity contribution in [2.45, 2.75) is 26.1 Å². The summed E-state index contributed by atoms with van der Waals surface area (Å²) in [5, 5.41) is 2.72. The van der Waals surface area contributed by atoms with Gasteiger partial charge in [-0.1, -0.05) is 0 Å². The van der Waals surface area contributed by atoms with E-state index in [1.54, 1.807) is 0 Å². The highest BCUT2D eigenvalue weighted by atomic mass is 19.1. The van der Waals surface area contributed by atoms with Crippen LogP contribution < -0.4 is 11.1 Å². The summed E-state index contributed by atoms with van der Waals surface area (Å²) >= 11 is 0. The van der Waals surface area contributed by atoms with Crippen molar-refractivity contribution in [3.63, 3.8) is 0 Å². The first-order valence-electron chi connectivity index (χ1n) is 6.66. The lowest BCUT2D eigenvalue weighted by Crippen LogP contribution is -2.48. The molecule has 0 spiro atoms. The van der Waals surface area contributed by atoms with Crippen LogP contribution in [0.1, 0.15) is 13.8 Å². The van der Waals surface area contributed by atoms with Crippen molar-refractivity contribution in [2.75, 3.05) is 30.7 Å². The number of ether oxygens (including phenoxy) is 1. The molecule has 0 aromatic heterocycles. The third-order valence-corrected chi connectivity index (χ3v) is 3.14. The van der Waals surface area contributed by atoms with Gasteiger partial charge in [-0.2, -0.15) is 0 Å². The van der Waals surface area contributed by atoms with Crippen LogP contribution in [-0.4, -0.2) is 42.6 Å². The quantitative estimate of drug-likeness (QED) is 0.823. The van der Waals surface area contributed by atoms with E-state index < -0.39 is 5.82 Å². The molecular formula is C14H20FN3O2. The lowest BCUT2D eigenvalue weighted by molar-refractivity contribution is -0.121. The lowest BCUT2D eigenvalue weighted by Gasteiger charge is -2.34. The Morgan fingerprint density at radius 3 is 2.70 bits per heavy atom. The van der Waals surface area contributed by atoms with Gasteiger partial charge in [0.15, 0.2) is 0 Å². The molecule has 1 aliphatic rings. The summed E-state index contributed by atoms with van der Waals surface area (Å²) in [6, 6.07) is 4.15. The largest absolute Gasteiger partial charge is 0.396 e. The number of morpholine rings is 1. The molecule has 110 valence electrons. The Balaban J connectivity index is 1.90. The minimum Gasteiger partial charge on any atom is -0.396 e. The fraction of sp³-hybridized carbons (Fsp3) is 0.500. The van der Waals surface area contributed by atoms with E-state index in [1.807, 2.05) is 18.7 Å². The molecule has 0 bridgehead atoms. The van der Waals surface area contributed by atoms with Crippen LogP contribution in [-0.2, 0) is 9.53 Å². The Labute approximate surface area is 117 Å². The van der Waals surface area contributed by atoms with E-state index in [4.69, 9.17) is 10.5 Å². The molecule has 1 aromatic carbocycles. The van der Waals surface area contributed by atoms with Crippen LogP contribution in [0.5, 0.6) is 0 Å². The van der Waals surface area contributed by atoms with Gasteiger partial charge < -0.3 is 15.8 Å². The van der Waals surface area contributed by atoms with Gasteiger partial charge in [-0.25, -0.2) is 4.39 Å².